The molecule has 2 aromatic carbocycles. The lowest BCUT2D eigenvalue weighted by Gasteiger charge is -2.14. The molecular formula is C23H26N4O4S2. The van der Waals surface area contributed by atoms with Gasteiger partial charge in [0.2, 0.25) is 5.91 Å². The zero-order valence-corrected chi connectivity index (χ0v) is 20.0. The minimum Gasteiger partial charge on any atom is -0.380 e. The summed E-state index contributed by atoms with van der Waals surface area (Å²) in [5.74, 6) is -0.632. The highest BCUT2D eigenvalue weighted by molar-refractivity contribution is 7.92. The molecule has 0 spiro atoms. The maximum Gasteiger partial charge on any atom is 0.262 e. The first kappa shape index (κ1) is 24.3. The van der Waals surface area contributed by atoms with Crippen molar-refractivity contribution in [1.29, 1.82) is 0 Å². The maximum absolute atomic E-state index is 13.1. The van der Waals surface area contributed by atoms with Crippen molar-refractivity contribution in [3.05, 3.63) is 76.0 Å². The van der Waals surface area contributed by atoms with Crippen molar-refractivity contribution < 1.29 is 18.0 Å². The maximum atomic E-state index is 13.1. The summed E-state index contributed by atoms with van der Waals surface area (Å²) in [5.41, 5.74) is 1.95. The lowest BCUT2D eigenvalue weighted by atomic mass is 10.2. The molecule has 0 saturated carbocycles. The van der Waals surface area contributed by atoms with E-state index in [2.05, 4.69) is 20.7 Å². The van der Waals surface area contributed by atoms with E-state index in [1.54, 1.807) is 29.5 Å². The monoisotopic (exact) mass is 486 g/mol. The molecule has 1 heterocycles. The van der Waals surface area contributed by atoms with Gasteiger partial charge in [0.25, 0.3) is 15.9 Å². The zero-order valence-electron chi connectivity index (χ0n) is 18.3. The van der Waals surface area contributed by atoms with E-state index in [1.807, 2.05) is 36.6 Å². The van der Waals surface area contributed by atoms with E-state index in [1.165, 1.54) is 19.1 Å². The van der Waals surface area contributed by atoms with E-state index >= 15 is 0 Å². The first-order valence-electron chi connectivity index (χ1n) is 10.3. The smallest absolute Gasteiger partial charge is 0.262 e. The Morgan fingerprint density at radius 1 is 0.970 bits per heavy atom. The third-order valence-electron chi connectivity index (χ3n) is 4.70. The van der Waals surface area contributed by atoms with Crippen LogP contribution in [-0.2, 0) is 21.4 Å². The number of benzene rings is 2. The van der Waals surface area contributed by atoms with Crippen molar-refractivity contribution in [1.82, 2.24) is 10.6 Å². The van der Waals surface area contributed by atoms with E-state index in [0.29, 0.717) is 17.9 Å². The fourth-order valence-corrected chi connectivity index (χ4v) is 4.84. The van der Waals surface area contributed by atoms with Crippen LogP contribution in [-0.4, -0.2) is 33.3 Å². The summed E-state index contributed by atoms with van der Waals surface area (Å²) in [6, 6.07) is 15.4. The molecule has 33 heavy (non-hydrogen) atoms. The molecule has 0 saturated heterocycles. The highest BCUT2D eigenvalue weighted by Crippen LogP contribution is 2.24. The van der Waals surface area contributed by atoms with Crippen LogP contribution in [0.25, 0.3) is 0 Å². The molecule has 0 fully saturated rings. The predicted octanol–water partition coefficient (Wildman–Crippen LogP) is 3.34. The lowest BCUT2D eigenvalue weighted by molar-refractivity contribution is -0.118. The van der Waals surface area contributed by atoms with Gasteiger partial charge in [-0.3, -0.25) is 14.3 Å². The van der Waals surface area contributed by atoms with Crippen LogP contribution in [0.5, 0.6) is 0 Å². The van der Waals surface area contributed by atoms with E-state index in [4.69, 9.17) is 0 Å². The largest absolute Gasteiger partial charge is 0.380 e. The van der Waals surface area contributed by atoms with Crippen molar-refractivity contribution in [3.63, 3.8) is 0 Å². The third-order valence-corrected chi connectivity index (χ3v) is 6.92. The number of carbonyl (C=O) groups excluding carboxylic acids is 2. The molecule has 10 heteroatoms. The molecule has 0 aliphatic heterocycles. The molecule has 0 unspecified atom stereocenters. The van der Waals surface area contributed by atoms with Gasteiger partial charge in [-0.05, 0) is 48.2 Å². The summed E-state index contributed by atoms with van der Waals surface area (Å²) in [5, 5.41) is 10.4. The van der Waals surface area contributed by atoms with Crippen molar-refractivity contribution >= 4 is 44.5 Å². The van der Waals surface area contributed by atoms with Gasteiger partial charge in [0, 0.05) is 42.7 Å². The first-order chi connectivity index (χ1) is 15.7. The lowest BCUT2D eigenvalue weighted by Crippen LogP contribution is -2.33. The number of anilines is 2. The molecule has 0 aliphatic rings. The first-order valence-corrected chi connectivity index (χ1v) is 12.6. The molecule has 0 radical (unpaired) electrons. The summed E-state index contributed by atoms with van der Waals surface area (Å²) in [7, 11) is -3.95. The van der Waals surface area contributed by atoms with Gasteiger partial charge in [-0.1, -0.05) is 24.3 Å². The van der Waals surface area contributed by atoms with Crippen LogP contribution in [0, 0.1) is 6.92 Å². The Morgan fingerprint density at radius 3 is 2.42 bits per heavy atom. The Labute approximate surface area is 197 Å². The zero-order chi connectivity index (χ0) is 23.8. The van der Waals surface area contributed by atoms with Crippen molar-refractivity contribution in [2.24, 2.45) is 0 Å². The Balaban J connectivity index is 1.86. The number of para-hydroxylation sites is 1. The van der Waals surface area contributed by atoms with Crippen LogP contribution in [0.2, 0.25) is 0 Å². The number of hydrogen-bond donors (Lipinski definition) is 4. The molecule has 174 valence electrons. The summed E-state index contributed by atoms with van der Waals surface area (Å²) >= 11 is 1.57. The summed E-state index contributed by atoms with van der Waals surface area (Å²) in [6.07, 6.45) is 0. The van der Waals surface area contributed by atoms with Crippen LogP contribution < -0.4 is 20.7 Å². The van der Waals surface area contributed by atoms with Gasteiger partial charge < -0.3 is 16.0 Å². The van der Waals surface area contributed by atoms with Gasteiger partial charge in [-0.25, -0.2) is 8.42 Å². The van der Waals surface area contributed by atoms with Crippen molar-refractivity contribution in [2.75, 3.05) is 23.1 Å². The van der Waals surface area contributed by atoms with Gasteiger partial charge >= 0.3 is 0 Å². The summed E-state index contributed by atoms with van der Waals surface area (Å²) < 4.78 is 28.9. The van der Waals surface area contributed by atoms with Crippen LogP contribution in [0.3, 0.4) is 0 Å². The number of nitrogens with one attached hydrogen (secondary N) is 4. The van der Waals surface area contributed by atoms with Crippen LogP contribution >= 0.6 is 11.3 Å². The minimum atomic E-state index is -3.95. The SMILES string of the molecule is CC(=O)NCCNC(=O)c1cc(NCc2cccs2)cc(S(=O)(=O)Nc2ccccc2C)c1. The predicted molar refractivity (Wildman–Crippen MR) is 131 cm³/mol. The molecule has 1 aromatic heterocycles. The molecule has 0 atom stereocenters. The van der Waals surface area contributed by atoms with E-state index < -0.39 is 15.9 Å². The van der Waals surface area contributed by atoms with E-state index in [0.717, 1.165) is 10.4 Å². The highest BCUT2D eigenvalue weighted by atomic mass is 32.2. The number of rotatable bonds is 10. The molecule has 3 rings (SSSR count). The number of sulfonamides is 1. The molecule has 8 nitrogen and oxygen atoms in total. The standard InChI is InChI=1S/C23H26N4O4S2/c1-16-6-3-4-8-22(16)27-33(30,31)21-13-18(23(29)25-10-9-24-17(2)28)12-19(14-21)26-15-20-7-5-11-32-20/h3-8,11-14,26-27H,9-10,15H2,1-2H3,(H,24,28)(H,25,29). The summed E-state index contributed by atoms with van der Waals surface area (Å²) in [4.78, 5) is 24.7. The Bertz CT molecular complexity index is 1230. The molecule has 4 N–H and O–H groups in total. The fraction of sp³-hybridized carbons (Fsp3) is 0.217. The Morgan fingerprint density at radius 2 is 1.73 bits per heavy atom. The Hall–Kier alpha value is -3.37. The molecule has 3 aromatic rings. The second-order valence-electron chi connectivity index (χ2n) is 7.34. The normalized spacial score (nSPS) is 11.0. The molecule has 0 bridgehead atoms. The average Bonchev–Trinajstić information content (AvgIpc) is 3.30. The topological polar surface area (TPSA) is 116 Å². The average molecular weight is 487 g/mol. The van der Waals surface area contributed by atoms with Gasteiger partial charge in [0.15, 0.2) is 0 Å². The van der Waals surface area contributed by atoms with E-state index in [-0.39, 0.29) is 29.5 Å². The van der Waals surface area contributed by atoms with Crippen molar-refractivity contribution in [2.45, 2.75) is 25.3 Å². The number of thiophene rings is 1. The molecular weight excluding hydrogens is 460 g/mol. The third kappa shape index (κ3) is 7.06. The highest BCUT2D eigenvalue weighted by Gasteiger charge is 2.19. The van der Waals surface area contributed by atoms with Gasteiger partial charge in [0.1, 0.15) is 0 Å². The summed E-state index contributed by atoms with van der Waals surface area (Å²) in [6.45, 7) is 4.19. The van der Waals surface area contributed by atoms with Crippen LogP contribution in [0.4, 0.5) is 11.4 Å². The minimum absolute atomic E-state index is 0.0334. The quantitative estimate of drug-likeness (QED) is 0.328. The Kier molecular flexibility index (Phi) is 8.07. The van der Waals surface area contributed by atoms with Crippen LogP contribution in [0.15, 0.2) is 64.9 Å². The number of aryl methyl sites for hydroxylation is 1. The van der Waals surface area contributed by atoms with E-state index in [9.17, 15) is 18.0 Å². The second kappa shape index (κ2) is 11.0. The van der Waals surface area contributed by atoms with Crippen LogP contribution in [0.1, 0.15) is 27.7 Å². The fourth-order valence-electron chi connectivity index (χ4n) is 3.00. The molecule has 0 aliphatic carbocycles. The van der Waals surface area contributed by atoms with Gasteiger partial charge in [-0.2, -0.15) is 0 Å². The molecule has 2 amide bonds. The number of carbonyl (C=O) groups is 2. The second-order valence-corrected chi connectivity index (χ2v) is 10.1. The van der Waals surface area contributed by atoms with Gasteiger partial charge in [0.05, 0.1) is 10.6 Å². The number of hydrogen-bond acceptors (Lipinski definition) is 6. The van der Waals surface area contributed by atoms with Gasteiger partial charge in [-0.15, -0.1) is 11.3 Å². The number of amides is 2. The van der Waals surface area contributed by atoms with Crippen molar-refractivity contribution in [3.8, 4) is 0 Å².